The van der Waals surface area contributed by atoms with Crippen molar-refractivity contribution in [2.45, 2.75) is 19.5 Å². The maximum atomic E-state index is 12.6. The zero-order chi connectivity index (χ0) is 17.6. The van der Waals surface area contributed by atoms with Crippen molar-refractivity contribution in [3.8, 4) is 0 Å². The normalized spacial score (nSPS) is 11.9. The van der Waals surface area contributed by atoms with Gasteiger partial charge in [-0.1, -0.05) is 0 Å². The average Bonchev–Trinajstić information content (AvgIpc) is 2.44. The number of carbonyl (C=O) groups excluding carboxylic acids is 1. The molecule has 1 rings (SSSR count). The Hall–Kier alpha value is -2.85. The van der Waals surface area contributed by atoms with E-state index in [4.69, 9.17) is 5.73 Å². The number of amidine groups is 1. The summed E-state index contributed by atoms with van der Waals surface area (Å²) >= 11 is 0. The van der Waals surface area contributed by atoms with Crippen LogP contribution in [0, 0.1) is 10.1 Å². The molecule has 0 saturated carbocycles. The fourth-order valence-corrected chi connectivity index (χ4v) is 1.49. The van der Waals surface area contributed by atoms with Crippen molar-refractivity contribution in [1.82, 2.24) is 0 Å². The second-order valence-corrected chi connectivity index (χ2v) is 4.18. The molecule has 0 fully saturated rings. The summed E-state index contributed by atoms with van der Waals surface area (Å²) in [6.45, 7) is 1.74. The van der Waals surface area contributed by atoms with Crippen LogP contribution in [0.4, 0.5) is 24.5 Å². The summed E-state index contributed by atoms with van der Waals surface area (Å²) in [6.07, 6.45) is -5.08. The van der Waals surface area contributed by atoms with Crippen LogP contribution in [0.2, 0.25) is 0 Å². The Labute approximate surface area is 128 Å². The van der Waals surface area contributed by atoms with E-state index in [9.17, 15) is 28.1 Å². The number of hydrogen-bond acceptors (Lipinski definition) is 6. The summed E-state index contributed by atoms with van der Waals surface area (Å²) in [5.74, 6) is -0.893. The van der Waals surface area contributed by atoms with E-state index in [1.165, 1.54) is 0 Å². The summed E-state index contributed by atoms with van der Waals surface area (Å²) in [7, 11) is 0. The molecule has 1 aromatic rings. The van der Waals surface area contributed by atoms with Crippen LogP contribution in [0.15, 0.2) is 23.3 Å². The first-order chi connectivity index (χ1) is 10.6. The molecule has 23 heavy (non-hydrogen) atoms. The van der Waals surface area contributed by atoms with E-state index >= 15 is 0 Å². The van der Waals surface area contributed by atoms with Gasteiger partial charge in [0.25, 0.3) is 5.69 Å². The van der Waals surface area contributed by atoms with Crippen LogP contribution in [0.3, 0.4) is 0 Å². The molecule has 11 heteroatoms. The highest BCUT2D eigenvalue weighted by Gasteiger charge is 2.33. The summed E-state index contributed by atoms with van der Waals surface area (Å²) in [6, 6.07) is 1.88. The number of carbonyl (C=O) groups is 1. The van der Waals surface area contributed by atoms with E-state index in [0.29, 0.717) is 12.1 Å². The molecule has 0 aliphatic rings. The Morgan fingerprint density at radius 1 is 1.48 bits per heavy atom. The number of nitro groups is 1. The number of nitrogens with one attached hydrogen (secondary N) is 1. The molecule has 0 bridgehead atoms. The van der Waals surface area contributed by atoms with Crippen molar-refractivity contribution in [2.24, 2.45) is 10.8 Å². The SMILES string of the molecule is CCOC(=O)C/C(N)=N/Nc1ccc(C(F)(F)F)cc1[N+](=O)[O-]. The second kappa shape index (κ2) is 7.42. The third kappa shape index (κ3) is 5.45. The highest BCUT2D eigenvalue weighted by atomic mass is 19.4. The number of benzene rings is 1. The predicted molar refractivity (Wildman–Crippen MR) is 74.6 cm³/mol. The maximum absolute atomic E-state index is 12.6. The van der Waals surface area contributed by atoms with Gasteiger partial charge in [-0.3, -0.25) is 20.3 Å². The number of esters is 1. The number of hydrazone groups is 1. The van der Waals surface area contributed by atoms with Crippen molar-refractivity contribution in [1.29, 1.82) is 0 Å². The summed E-state index contributed by atoms with van der Waals surface area (Å²) in [5.41, 5.74) is 5.29. The lowest BCUT2D eigenvalue weighted by Crippen LogP contribution is -2.20. The number of anilines is 1. The van der Waals surface area contributed by atoms with Gasteiger partial charge in [0.1, 0.15) is 17.9 Å². The molecule has 0 heterocycles. The van der Waals surface area contributed by atoms with Gasteiger partial charge in [-0.05, 0) is 19.1 Å². The van der Waals surface area contributed by atoms with Crippen LogP contribution in [0.5, 0.6) is 0 Å². The molecule has 0 saturated heterocycles. The third-order valence-corrected chi connectivity index (χ3v) is 2.47. The highest BCUT2D eigenvalue weighted by molar-refractivity contribution is 5.97. The lowest BCUT2D eigenvalue weighted by molar-refractivity contribution is -0.384. The zero-order valence-corrected chi connectivity index (χ0v) is 11.9. The molecule has 0 atom stereocenters. The first-order valence-electron chi connectivity index (χ1n) is 6.24. The van der Waals surface area contributed by atoms with Crippen molar-refractivity contribution in [2.75, 3.05) is 12.0 Å². The van der Waals surface area contributed by atoms with Gasteiger partial charge in [0.05, 0.1) is 17.1 Å². The molecule has 3 N–H and O–H groups in total. The minimum atomic E-state index is -4.71. The molecule has 1 aromatic carbocycles. The number of nitrogens with two attached hydrogens (primary N) is 1. The number of rotatable bonds is 6. The number of nitro benzene ring substituents is 1. The standard InChI is InChI=1S/C12H13F3N4O4/c1-2-23-11(20)6-10(16)18-17-8-4-3-7(12(13,14)15)5-9(8)19(21)22/h3-5,17H,2,6H2,1H3,(H2,16,18). The van der Waals surface area contributed by atoms with Crippen LogP contribution in [-0.2, 0) is 15.7 Å². The van der Waals surface area contributed by atoms with Gasteiger partial charge in [-0.2, -0.15) is 18.3 Å². The fourth-order valence-electron chi connectivity index (χ4n) is 1.49. The number of ether oxygens (including phenoxy) is 1. The lowest BCUT2D eigenvalue weighted by atomic mass is 10.1. The summed E-state index contributed by atoms with van der Waals surface area (Å²) in [5, 5.41) is 14.4. The lowest BCUT2D eigenvalue weighted by Gasteiger charge is -2.09. The highest BCUT2D eigenvalue weighted by Crippen LogP contribution is 2.34. The van der Waals surface area contributed by atoms with Gasteiger partial charge < -0.3 is 10.5 Å². The topological polar surface area (TPSA) is 120 Å². The predicted octanol–water partition coefficient (Wildman–Crippen LogP) is 2.25. The van der Waals surface area contributed by atoms with Gasteiger partial charge in [-0.25, -0.2) is 0 Å². The third-order valence-electron chi connectivity index (χ3n) is 2.47. The first-order valence-corrected chi connectivity index (χ1v) is 6.24. The van der Waals surface area contributed by atoms with Gasteiger partial charge in [0.2, 0.25) is 0 Å². The quantitative estimate of drug-likeness (QED) is 0.271. The van der Waals surface area contributed by atoms with Crippen molar-refractivity contribution in [3.63, 3.8) is 0 Å². The van der Waals surface area contributed by atoms with E-state index in [1.807, 2.05) is 0 Å². The molecule has 0 amide bonds. The Morgan fingerprint density at radius 3 is 2.65 bits per heavy atom. The molecule has 0 aliphatic carbocycles. The van der Waals surface area contributed by atoms with Crippen LogP contribution in [0.1, 0.15) is 18.9 Å². The van der Waals surface area contributed by atoms with E-state index in [-0.39, 0.29) is 24.6 Å². The number of hydrogen-bond donors (Lipinski definition) is 2. The van der Waals surface area contributed by atoms with E-state index in [0.717, 1.165) is 6.07 Å². The molecule has 8 nitrogen and oxygen atoms in total. The van der Waals surface area contributed by atoms with Gasteiger partial charge in [0, 0.05) is 6.07 Å². The van der Waals surface area contributed by atoms with Gasteiger partial charge >= 0.3 is 12.1 Å². The molecule has 0 aliphatic heterocycles. The average molecular weight is 334 g/mol. The zero-order valence-electron chi connectivity index (χ0n) is 11.9. The van der Waals surface area contributed by atoms with Crippen molar-refractivity contribution in [3.05, 3.63) is 33.9 Å². The minimum absolute atomic E-state index is 0.143. The largest absolute Gasteiger partial charge is 0.466 e. The van der Waals surface area contributed by atoms with Crippen LogP contribution < -0.4 is 11.2 Å². The summed E-state index contributed by atoms with van der Waals surface area (Å²) < 4.78 is 42.3. The van der Waals surface area contributed by atoms with Crippen molar-refractivity contribution >= 4 is 23.2 Å². The Bertz CT molecular complexity index is 631. The fraction of sp³-hybridized carbons (Fsp3) is 0.333. The van der Waals surface area contributed by atoms with E-state index in [1.54, 1.807) is 6.92 Å². The molecule has 126 valence electrons. The van der Waals surface area contributed by atoms with Crippen LogP contribution in [-0.4, -0.2) is 23.3 Å². The van der Waals surface area contributed by atoms with Gasteiger partial charge in [-0.15, -0.1) is 0 Å². The van der Waals surface area contributed by atoms with Crippen molar-refractivity contribution < 1.29 is 27.6 Å². The molecular formula is C12H13F3N4O4. The van der Waals surface area contributed by atoms with Crippen LogP contribution >= 0.6 is 0 Å². The molecule has 0 radical (unpaired) electrons. The van der Waals surface area contributed by atoms with Gasteiger partial charge in [0.15, 0.2) is 0 Å². The number of nitrogens with zero attached hydrogens (tertiary/aromatic N) is 2. The smallest absolute Gasteiger partial charge is 0.416 e. The molecule has 0 aromatic heterocycles. The first kappa shape index (κ1) is 18.2. The number of halogens is 3. The Morgan fingerprint density at radius 2 is 2.13 bits per heavy atom. The molecule has 0 unspecified atom stereocenters. The number of alkyl halides is 3. The van der Waals surface area contributed by atoms with Crippen LogP contribution in [0.25, 0.3) is 0 Å². The molecular weight excluding hydrogens is 321 g/mol. The minimum Gasteiger partial charge on any atom is -0.466 e. The van der Waals surface area contributed by atoms with E-state index < -0.39 is 28.3 Å². The Balaban J connectivity index is 2.96. The maximum Gasteiger partial charge on any atom is 0.416 e. The molecule has 0 spiro atoms. The summed E-state index contributed by atoms with van der Waals surface area (Å²) in [4.78, 5) is 21.0. The van der Waals surface area contributed by atoms with E-state index in [2.05, 4.69) is 15.3 Å². The Kier molecular flexibility index (Phi) is 5.87. The second-order valence-electron chi connectivity index (χ2n) is 4.18. The monoisotopic (exact) mass is 334 g/mol.